The maximum atomic E-state index is 13.0. The van der Waals surface area contributed by atoms with Crippen LogP contribution in [0.3, 0.4) is 0 Å². The maximum absolute atomic E-state index is 13.0. The van der Waals surface area contributed by atoms with Crippen molar-refractivity contribution in [2.45, 2.75) is 27.7 Å². The molecule has 0 radical (unpaired) electrons. The van der Waals surface area contributed by atoms with Gasteiger partial charge in [-0.1, -0.05) is 27.7 Å². The first-order valence-corrected chi connectivity index (χ1v) is 11.1. The zero-order valence-corrected chi connectivity index (χ0v) is 20.0. The van der Waals surface area contributed by atoms with Gasteiger partial charge in [-0.15, -0.1) is 12.4 Å². The van der Waals surface area contributed by atoms with Gasteiger partial charge in [0.05, 0.1) is 0 Å². The summed E-state index contributed by atoms with van der Waals surface area (Å²) in [6.45, 7) is 15.6. The van der Waals surface area contributed by atoms with Gasteiger partial charge in [0.2, 0.25) is 0 Å². The first-order chi connectivity index (χ1) is 14.6. The van der Waals surface area contributed by atoms with Crippen molar-refractivity contribution in [1.29, 1.82) is 0 Å². The van der Waals surface area contributed by atoms with Crippen LogP contribution in [-0.4, -0.2) is 68.1 Å². The number of ketones is 1. The number of halogens is 1. The lowest BCUT2D eigenvalue weighted by molar-refractivity contribution is 0.104. The summed E-state index contributed by atoms with van der Waals surface area (Å²) in [5, 5.41) is 0. The Morgan fingerprint density at radius 2 is 1.03 bits per heavy atom. The molecule has 1 aliphatic carbocycles. The molecular formula is C25H35ClN2O3. The predicted octanol–water partition coefficient (Wildman–Crippen LogP) is 4.76. The van der Waals surface area contributed by atoms with E-state index in [4.69, 9.17) is 9.47 Å². The Bertz CT molecular complexity index is 794. The first kappa shape index (κ1) is 25.2. The number of ether oxygens (including phenoxy) is 2. The summed E-state index contributed by atoms with van der Waals surface area (Å²) in [4.78, 5) is 17.6. The van der Waals surface area contributed by atoms with E-state index in [1.54, 1.807) is 0 Å². The minimum Gasteiger partial charge on any atom is -0.492 e. The molecule has 170 valence electrons. The van der Waals surface area contributed by atoms with E-state index in [-0.39, 0.29) is 18.2 Å². The molecule has 0 aliphatic heterocycles. The van der Waals surface area contributed by atoms with Gasteiger partial charge in [0, 0.05) is 24.2 Å². The average molecular weight is 447 g/mol. The minimum absolute atomic E-state index is 0. The van der Waals surface area contributed by atoms with Crippen LogP contribution in [0.5, 0.6) is 11.5 Å². The van der Waals surface area contributed by atoms with Crippen LogP contribution in [-0.2, 0) is 0 Å². The molecule has 3 rings (SSSR count). The molecule has 0 unspecified atom stereocenters. The number of carbonyl (C=O) groups is 1. The van der Waals surface area contributed by atoms with Crippen LogP contribution in [0, 0.1) is 0 Å². The molecule has 0 amide bonds. The van der Waals surface area contributed by atoms with Crippen molar-refractivity contribution in [3.63, 3.8) is 0 Å². The quantitative estimate of drug-likeness (QED) is 0.401. The van der Waals surface area contributed by atoms with Crippen molar-refractivity contribution in [2.24, 2.45) is 0 Å². The fourth-order valence-electron chi connectivity index (χ4n) is 3.88. The Labute approximate surface area is 192 Å². The Balaban J connectivity index is 0.00000341. The molecule has 0 fully saturated rings. The van der Waals surface area contributed by atoms with E-state index in [1.165, 1.54) is 0 Å². The van der Waals surface area contributed by atoms with Crippen molar-refractivity contribution in [2.75, 3.05) is 52.5 Å². The number of likely N-dealkylation sites (N-methyl/N-ethyl adjacent to an activating group) is 2. The maximum Gasteiger partial charge on any atom is 0.194 e. The number of hydrogen-bond donors (Lipinski definition) is 0. The van der Waals surface area contributed by atoms with Crippen molar-refractivity contribution in [3.8, 4) is 22.6 Å². The number of carbonyl (C=O) groups excluding carboxylic acids is 1. The molecule has 2 aromatic carbocycles. The highest BCUT2D eigenvalue weighted by Gasteiger charge is 2.27. The van der Waals surface area contributed by atoms with E-state index in [9.17, 15) is 4.79 Å². The van der Waals surface area contributed by atoms with Crippen molar-refractivity contribution >= 4 is 18.2 Å². The molecule has 0 atom stereocenters. The van der Waals surface area contributed by atoms with Crippen LogP contribution in [0.2, 0.25) is 0 Å². The summed E-state index contributed by atoms with van der Waals surface area (Å²) in [7, 11) is 0. The zero-order chi connectivity index (χ0) is 21.5. The third-order valence-corrected chi connectivity index (χ3v) is 5.90. The van der Waals surface area contributed by atoms with Gasteiger partial charge in [0.25, 0.3) is 0 Å². The molecule has 2 aromatic rings. The van der Waals surface area contributed by atoms with Gasteiger partial charge in [-0.05, 0) is 73.7 Å². The van der Waals surface area contributed by atoms with E-state index in [2.05, 4.69) is 37.5 Å². The Hall–Kier alpha value is -2.08. The highest BCUT2D eigenvalue weighted by atomic mass is 35.5. The van der Waals surface area contributed by atoms with Crippen LogP contribution in [0.4, 0.5) is 0 Å². The standard InChI is InChI=1S/C25H34N2O3.ClH/c1-5-26(6-2)13-15-29-19-9-11-21-22-12-10-20(30-16-14-27(7-3)8-4)18-24(22)25(28)23(21)17-19;/h9-12,17-18H,5-8,13-16H2,1-4H3;1H. The van der Waals surface area contributed by atoms with E-state index >= 15 is 0 Å². The minimum atomic E-state index is 0. The van der Waals surface area contributed by atoms with Gasteiger partial charge in [-0.3, -0.25) is 4.79 Å². The van der Waals surface area contributed by atoms with Crippen molar-refractivity contribution in [1.82, 2.24) is 9.80 Å². The highest BCUT2D eigenvalue weighted by Crippen LogP contribution is 2.39. The van der Waals surface area contributed by atoms with Gasteiger partial charge >= 0.3 is 0 Å². The number of rotatable bonds is 12. The van der Waals surface area contributed by atoms with Gasteiger partial charge in [0.1, 0.15) is 24.7 Å². The third kappa shape index (κ3) is 6.00. The number of nitrogens with zero attached hydrogens (tertiary/aromatic N) is 2. The molecule has 31 heavy (non-hydrogen) atoms. The summed E-state index contributed by atoms with van der Waals surface area (Å²) < 4.78 is 11.8. The number of hydrogen-bond acceptors (Lipinski definition) is 5. The number of benzene rings is 2. The van der Waals surface area contributed by atoms with Gasteiger partial charge in [-0.25, -0.2) is 0 Å². The van der Waals surface area contributed by atoms with Crippen LogP contribution in [0.1, 0.15) is 43.6 Å². The lowest BCUT2D eigenvalue weighted by atomic mass is 10.1. The van der Waals surface area contributed by atoms with Gasteiger partial charge in [0.15, 0.2) is 5.78 Å². The Kier molecular flexibility index (Phi) is 9.82. The predicted molar refractivity (Wildman–Crippen MR) is 129 cm³/mol. The summed E-state index contributed by atoms with van der Waals surface area (Å²) in [6, 6.07) is 11.6. The van der Waals surface area contributed by atoms with Crippen LogP contribution < -0.4 is 9.47 Å². The first-order valence-electron chi connectivity index (χ1n) is 11.1. The summed E-state index contributed by atoms with van der Waals surface area (Å²) in [5.74, 6) is 1.54. The fourth-order valence-corrected chi connectivity index (χ4v) is 3.88. The SMILES string of the molecule is CCN(CC)CCOc1ccc2c(c1)C(=O)c1cc(OCCN(CC)CC)ccc1-2.Cl. The number of fused-ring (bicyclic) bond motifs is 3. The highest BCUT2D eigenvalue weighted by molar-refractivity contribution is 6.22. The fraction of sp³-hybridized carbons (Fsp3) is 0.480. The topological polar surface area (TPSA) is 42.0 Å². The lowest BCUT2D eigenvalue weighted by Crippen LogP contribution is -2.27. The van der Waals surface area contributed by atoms with E-state index in [1.807, 2.05) is 36.4 Å². The second-order valence-corrected chi connectivity index (χ2v) is 7.49. The van der Waals surface area contributed by atoms with Crippen molar-refractivity contribution in [3.05, 3.63) is 47.5 Å². The van der Waals surface area contributed by atoms with E-state index in [0.29, 0.717) is 24.3 Å². The smallest absolute Gasteiger partial charge is 0.194 e. The third-order valence-electron chi connectivity index (χ3n) is 5.90. The van der Waals surface area contributed by atoms with Crippen molar-refractivity contribution < 1.29 is 14.3 Å². The second-order valence-electron chi connectivity index (χ2n) is 7.49. The van der Waals surface area contributed by atoms with Crippen LogP contribution >= 0.6 is 12.4 Å². The molecule has 1 aliphatic rings. The summed E-state index contributed by atoms with van der Waals surface area (Å²) >= 11 is 0. The van der Waals surface area contributed by atoms with E-state index in [0.717, 1.165) is 61.9 Å². The molecule has 0 saturated carbocycles. The Morgan fingerprint density at radius 1 is 0.645 bits per heavy atom. The van der Waals surface area contributed by atoms with Crippen LogP contribution in [0.15, 0.2) is 36.4 Å². The largest absolute Gasteiger partial charge is 0.492 e. The molecule has 0 aromatic heterocycles. The molecule has 0 N–H and O–H groups in total. The molecule has 0 heterocycles. The normalized spacial score (nSPS) is 12.0. The summed E-state index contributed by atoms with van der Waals surface area (Å²) in [5.41, 5.74) is 3.37. The monoisotopic (exact) mass is 446 g/mol. The van der Waals surface area contributed by atoms with Gasteiger partial charge in [-0.2, -0.15) is 0 Å². The molecular weight excluding hydrogens is 412 g/mol. The summed E-state index contributed by atoms with van der Waals surface area (Å²) in [6.07, 6.45) is 0. The lowest BCUT2D eigenvalue weighted by Gasteiger charge is -2.18. The Morgan fingerprint density at radius 3 is 1.39 bits per heavy atom. The molecule has 6 heteroatoms. The molecule has 0 bridgehead atoms. The van der Waals surface area contributed by atoms with Crippen LogP contribution in [0.25, 0.3) is 11.1 Å². The molecule has 0 saturated heterocycles. The van der Waals surface area contributed by atoms with E-state index < -0.39 is 0 Å². The average Bonchev–Trinajstić information content (AvgIpc) is 3.05. The second kappa shape index (κ2) is 12.1. The molecule has 0 spiro atoms. The zero-order valence-electron chi connectivity index (χ0n) is 19.1. The van der Waals surface area contributed by atoms with Gasteiger partial charge < -0.3 is 19.3 Å². The molecule has 5 nitrogen and oxygen atoms in total.